The van der Waals surface area contributed by atoms with E-state index in [1.54, 1.807) is 29.7 Å². The quantitative estimate of drug-likeness (QED) is 0.880. The summed E-state index contributed by atoms with van der Waals surface area (Å²) in [5.41, 5.74) is 1.85. The van der Waals surface area contributed by atoms with Crippen LogP contribution in [0, 0.1) is 18.3 Å². The van der Waals surface area contributed by atoms with Crippen LogP contribution in [-0.2, 0) is 6.54 Å². The van der Waals surface area contributed by atoms with E-state index < -0.39 is 0 Å². The molecule has 0 aromatic carbocycles. The summed E-state index contributed by atoms with van der Waals surface area (Å²) in [6, 6.07) is 7.73. The third-order valence-corrected chi connectivity index (χ3v) is 3.34. The lowest BCUT2D eigenvalue weighted by molar-refractivity contribution is 1.12. The first-order valence-electron chi connectivity index (χ1n) is 4.93. The molecule has 0 aliphatic rings. The van der Waals surface area contributed by atoms with E-state index in [1.165, 1.54) is 10.4 Å². The number of thiophene rings is 1. The summed E-state index contributed by atoms with van der Waals surface area (Å²) in [5, 5.41) is 14.2. The highest BCUT2D eigenvalue weighted by Crippen LogP contribution is 2.18. The molecular weight excluding hydrogens is 218 g/mol. The molecule has 0 bridgehead atoms. The topological polar surface area (TPSA) is 48.7 Å². The van der Waals surface area contributed by atoms with Crippen molar-refractivity contribution in [2.75, 3.05) is 5.32 Å². The van der Waals surface area contributed by atoms with E-state index in [9.17, 15) is 0 Å². The summed E-state index contributed by atoms with van der Waals surface area (Å²) in [6.07, 6.45) is 1.68. The minimum Gasteiger partial charge on any atom is -0.364 e. The Labute approximate surface area is 98.4 Å². The molecule has 0 aliphatic carbocycles. The maximum atomic E-state index is 8.90. The van der Waals surface area contributed by atoms with Gasteiger partial charge in [-0.05, 0) is 36.1 Å². The lowest BCUT2D eigenvalue weighted by Gasteiger charge is -2.05. The zero-order chi connectivity index (χ0) is 11.4. The van der Waals surface area contributed by atoms with Crippen molar-refractivity contribution in [3.05, 3.63) is 45.8 Å². The molecular formula is C12H11N3S. The molecule has 1 N–H and O–H groups in total. The van der Waals surface area contributed by atoms with Gasteiger partial charge in [-0.15, -0.1) is 11.3 Å². The van der Waals surface area contributed by atoms with Crippen LogP contribution in [0.15, 0.2) is 29.8 Å². The fourth-order valence-electron chi connectivity index (χ4n) is 1.39. The van der Waals surface area contributed by atoms with Crippen LogP contribution in [0.5, 0.6) is 0 Å². The van der Waals surface area contributed by atoms with Gasteiger partial charge in [-0.3, -0.25) is 0 Å². The summed E-state index contributed by atoms with van der Waals surface area (Å²) in [6.45, 7) is 2.80. The molecule has 2 heterocycles. The van der Waals surface area contributed by atoms with Gasteiger partial charge >= 0.3 is 0 Å². The first-order valence-corrected chi connectivity index (χ1v) is 5.81. The van der Waals surface area contributed by atoms with Crippen molar-refractivity contribution in [2.24, 2.45) is 0 Å². The number of nitrogens with one attached hydrogen (secondary N) is 1. The van der Waals surface area contributed by atoms with Gasteiger partial charge in [-0.2, -0.15) is 5.26 Å². The number of hydrogen-bond donors (Lipinski definition) is 1. The summed E-state index contributed by atoms with van der Waals surface area (Å²) >= 11 is 1.71. The van der Waals surface area contributed by atoms with E-state index in [0.717, 1.165) is 6.54 Å². The predicted octanol–water partition coefficient (Wildman–Crippen LogP) is 2.94. The van der Waals surface area contributed by atoms with Gasteiger partial charge in [-0.25, -0.2) is 4.98 Å². The molecule has 4 heteroatoms. The Kier molecular flexibility index (Phi) is 3.18. The lowest BCUT2D eigenvalue weighted by atomic mass is 10.2. The first-order chi connectivity index (χ1) is 7.81. The monoisotopic (exact) mass is 229 g/mol. The van der Waals surface area contributed by atoms with E-state index in [1.807, 2.05) is 0 Å². The van der Waals surface area contributed by atoms with E-state index >= 15 is 0 Å². The average Bonchev–Trinajstić information content (AvgIpc) is 2.72. The number of anilines is 1. The van der Waals surface area contributed by atoms with Crippen molar-refractivity contribution in [2.45, 2.75) is 13.5 Å². The van der Waals surface area contributed by atoms with Gasteiger partial charge in [0, 0.05) is 11.1 Å². The second-order valence-electron chi connectivity index (χ2n) is 3.39. The molecule has 80 valence electrons. The van der Waals surface area contributed by atoms with Crippen molar-refractivity contribution in [1.29, 1.82) is 5.26 Å². The summed E-state index contributed by atoms with van der Waals surface area (Å²) in [7, 11) is 0. The van der Waals surface area contributed by atoms with Crippen molar-refractivity contribution >= 4 is 17.2 Å². The van der Waals surface area contributed by atoms with Crippen LogP contribution in [0.3, 0.4) is 0 Å². The zero-order valence-electron chi connectivity index (χ0n) is 8.90. The fraction of sp³-hybridized carbons (Fsp3) is 0.167. The smallest absolute Gasteiger partial charge is 0.144 e. The number of aryl methyl sites for hydroxylation is 1. The van der Waals surface area contributed by atoms with Gasteiger partial charge in [-0.1, -0.05) is 0 Å². The maximum absolute atomic E-state index is 8.90. The standard InChI is InChI=1S/C12H11N3S/c1-9-4-6-16-11(9)8-15-12-10(7-13)3-2-5-14-12/h2-6H,8H2,1H3,(H,14,15). The highest BCUT2D eigenvalue weighted by molar-refractivity contribution is 7.10. The van der Waals surface area contributed by atoms with Crippen LogP contribution < -0.4 is 5.32 Å². The SMILES string of the molecule is Cc1ccsc1CNc1ncccc1C#N. The fourth-order valence-corrected chi connectivity index (χ4v) is 2.23. The molecule has 0 fully saturated rings. The molecule has 0 aliphatic heterocycles. The van der Waals surface area contributed by atoms with Gasteiger partial charge in [0.25, 0.3) is 0 Å². The molecule has 2 rings (SSSR count). The Morgan fingerprint density at radius 1 is 1.50 bits per heavy atom. The number of nitriles is 1. The van der Waals surface area contributed by atoms with Gasteiger partial charge in [0.1, 0.15) is 11.9 Å². The minimum atomic E-state index is 0.580. The van der Waals surface area contributed by atoms with Crippen molar-refractivity contribution in [1.82, 2.24) is 4.98 Å². The molecule has 0 atom stereocenters. The Morgan fingerprint density at radius 3 is 3.06 bits per heavy atom. The highest BCUT2D eigenvalue weighted by atomic mass is 32.1. The molecule has 0 amide bonds. The molecule has 0 radical (unpaired) electrons. The largest absolute Gasteiger partial charge is 0.364 e. The third kappa shape index (κ3) is 2.20. The van der Waals surface area contributed by atoms with Gasteiger partial charge in [0.2, 0.25) is 0 Å². The van der Waals surface area contributed by atoms with E-state index in [4.69, 9.17) is 5.26 Å². The van der Waals surface area contributed by atoms with Gasteiger partial charge in [0.05, 0.1) is 12.1 Å². The molecule has 2 aromatic rings. The number of pyridine rings is 1. The lowest BCUT2D eigenvalue weighted by Crippen LogP contribution is -2.02. The highest BCUT2D eigenvalue weighted by Gasteiger charge is 2.03. The Hall–Kier alpha value is -1.86. The van der Waals surface area contributed by atoms with Crippen LogP contribution in [0.1, 0.15) is 16.0 Å². The zero-order valence-corrected chi connectivity index (χ0v) is 9.71. The predicted molar refractivity (Wildman–Crippen MR) is 65.3 cm³/mol. The average molecular weight is 229 g/mol. The van der Waals surface area contributed by atoms with Gasteiger partial charge in [0.15, 0.2) is 0 Å². The van der Waals surface area contributed by atoms with Gasteiger partial charge < -0.3 is 5.32 Å². The third-order valence-electron chi connectivity index (χ3n) is 2.31. The van der Waals surface area contributed by atoms with Crippen LogP contribution in [0.25, 0.3) is 0 Å². The first kappa shape index (κ1) is 10.7. The van der Waals surface area contributed by atoms with E-state index in [-0.39, 0.29) is 0 Å². The number of rotatable bonds is 3. The number of hydrogen-bond acceptors (Lipinski definition) is 4. The molecule has 2 aromatic heterocycles. The molecule has 3 nitrogen and oxygen atoms in total. The number of aromatic nitrogens is 1. The minimum absolute atomic E-state index is 0.580. The van der Waals surface area contributed by atoms with Crippen LogP contribution >= 0.6 is 11.3 Å². The summed E-state index contributed by atoms with van der Waals surface area (Å²) in [5.74, 6) is 0.651. The second-order valence-corrected chi connectivity index (χ2v) is 4.39. The van der Waals surface area contributed by atoms with Crippen molar-refractivity contribution < 1.29 is 0 Å². The molecule has 0 unspecified atom stereocenters. The van der Waals surface area contributed by atoms with E-state index in [0.29, 0.717) is 11.4 Å². The number of nitrogens with zero attached hydrogens (tertiary/aromatic N) is 2. The molecule has 0 saturated carbocycles. The van der Waals surface area contributed by atoms with Crippen molar-refractivity contribution in [3.8, 4) is 6.07 Å². The second kappa shape index (κ2) is 4.77. The molecule has 16 heavy (non-hydrogen) atoms. The maximum Gasteiger partial charge on any atom is 0.144 e. The van der Waals surface area contributed by atoms with Crippen molar-refractivity contribution in [3.63, 3.8) is 0 Å². The molecule has 0 spiro atoms. The Bertz CT molecular complexity index is 525. The van der Waals surface area contributed by atoms with E-state index in [2.05, 4.69) is 34.7 Å². The summed E-state index contributed by atoms with van der Waals surface area (Å²) < 4.78 is 0. The normalized spacial score (nSPS) is 9.75. The van der Waals surface area contributed by atoms with Crippen LogP contribution in [-0.4, -0.2) is 4.98 Å². The Morgan fingerprint density at radius 2 is 2.38 bits per heavy atom. The Balaban J connectivity index is 2.11. The van der Waals surface area contributed by atoms with Crippen LogP contribution in [0.2, 0.25) is 0 Å². The van der Waals surface area contributed by atoms with Crippen LogP contribution in [0.4, 0.5) is 5.82 Å². The molecule has 0 saturated heterocycles. The summed E-state index contributed by atoms with van der Waals surface area (Å²) in [4.78, 5) is 5.42.